The molecule has 0 radical (unpaired) electrons. The molecule has 0 saturated heterocycles. The van der Waals surface area contributed by atoms with Gasteiger partial charge in [-0.2, -0.15) is 0 Å². The summed E-state index contributed by atoms with van der Waals surface area (Å²) >= 11 is 6.15. The summed E-state index contributed by atoms with van der Waals surface area (Å²) in [6.07, 6.45) is 0.658. The molecular formula is C14H13ClFN. The van der Waals surface area contributed by atoms with E-state index in [4.69, 9.17) is 17.3 Å². The summed E-state index contributed by atoms with van der Waals surface area (Å²) in [7, 11) is 0. The van der Waals surface area contributed by atoms with E-state index in [9.17, 15) is 4.39 Å². The summed E-state index contributed by atoms with van der Waals surface area (Å²) in [5.74, 6) is -0.233. The van der Waals surface area contributed by atoms with Crippen LogP contribution in [0.5, 0.6) is 0 Å². The van der Waals surface area contributed by atoms with Gasteiger partial charge in [-0.15, -0.1) is 0 Å². The highest BCUT2D eigenvalue weighted by atomic mass is 35.5. The number of hydrogen-bond acceptors (Lipinski definition) is 1. The average Bonchev–Trinajstić information content (AvgIpc) is 2.28. The molecule has 0 saturated carbocycles. The third-order valence-electron chi connectivity index (χ3n) is 2.63. The quantitative estimate of drug-likeness (QED) is 0.801. The van der Waals surface area contributed by atoms with Crippen molar-refractivity contribution in [1.29, 1.82) is 0 Å². The van der Waals surface area contributed by atoms with Crippen LogP contribution in [-0.4, -0.2) is 0 Å². The second-order valence-corrected chi connectivity index (χ2v) is 4.51. The van der Waals surface area contributed by atoms with Crippen LogP contribution in [0.25, 0.3) is 0 Å². The largest absolute Gasteiger partial charge is 0.398 e. The van der Waals surface area contributed by atoms with Gasteiger partial charge in [-0.3, -0.25) is 0 Å². The van der Waals surface area contributed by atoms with Crippen LogP contribution in [0.15, 0.2) is 36.4 Å². The number of benzene rings is 2. The molecule has 88 valence electrons. The molecule has 1 nitrogen and oxygen atoms in total. The Labute approximate surface area is 105 Å². The predicted molar refractivity (Wildman–Crippen MR) is 69.8 cm³/mol. The number of nitrogen functional groups attached to an aromatic ring is 1. The molecule has 2 rings (SSSR count). The molecule has 0 unspecified atom stereocenters. The van der Waals surface area contributed by atoms with Crippen LogP contribution in [0.1, 0.15) is 16.7 Å². The van der Waals surface area contributed by atoms with Gasteiger partial charge in [0.2, 0.25) is 0 Å². The zero-order valence-electron chi connectivity index (χ0n) is 9.50. The molecule has 3 heteroatoms. The van der Waals surface area contributed by atoms with Gasteiger partial charge in [0.05, 0.1) is 10.7 Å². The van der Waals surface area contributed by atoms with Gasteiger partial charge in [0, 0.05) is 0 Å². The van der Waals surface area contributed by atoms with Crippen molar-refractivity contribution in [3.8, 4) is 0 Å². The normalized spacial score (nSPS) is 10.5. The maximum Gasteiger partial charge on any atom is 0.123 e. The van der Waals surface area contributed by atoms with Gasteiger partial charge in [0.15, 0.2) is 0 Å². The molecule has 0 aliphatic rings. The smallest absolute Gasteiger partial charge is 0.123 e. The van der Waals surface area contributed by atoms with Gasteiger partial charge in [-0.05, 0) is 48.2 Å². The third-order valence-corrected chi connectivity index (χ3v) is 3.09. The maximum absolute atomic E-state index is 12.8. The van der Waals surface area contributed by atoms with Gasteiger partial charge in [-0.25, -0.2) is 4.39 Å². The predicted octanol–water partition coefficient (Wildman–Crippen LogP) is 3.96. The van der Waals surface area contributed by atoms with Gasteiger partial charge in [0.1, 0.15) is 5.82 Å². The Balaban J connectivity index is 2.32. The Morgan fingerprint density at radius 2 is 1.82 bits per heavy atom. The lowest BCUT2D eigenvalue weighted by atomic mass is 10.0. The van der Waals surface area contributed by atoms with E-state index in [-0.39, 0.29) is 5.82 Å². The first-order valence-corrected chi connectivity index (χ1v) is 5.73. The minimum absolute atomic E-state index is 0.233. The van der Waals surface area contributed by atoms with Crippen molar-refractivity contribution in [3.05, 3.63) is 63.9 Å². The van der Waals surface area contributed by atoms with E-state index in [0.717, 1.165) is 16.7 Å². The lowest BCUT2D eigenvalue weighted by molar-refractivity contribution is 0.627. The Bertz CT molecular complexity index is 535. The van der Waals surface area contributed by atoms with E-state index in [1.165, 1.54) is 12.1 Å². The van der Waals surface area contributed by atoms with Crippen molar-refractivity contribution in [3.63, 3.8) is 0 Å². The number of nitrogens with two attached hydrogens (primary N) is 1. The number of anilines is 1. The lowest BCUT2D eigenvalue weighted by Gasteiger charge is -2.08. The van der Waals surface area contributed by atoms with E-state index in [2.05, 4.69) is 0 Å². The molecular weight excluding hydrogens is 237 g/mol. The summed E-state index contributed by atoms with van der Waals surface area (Å²) in [6, 6.07) is 10.2. The van der Waals surface area contributed by atoms with E-state index < -0.39 is 0 Å². The van der Waals surface area contributed by atoms with Crippen LogP contribution in [0.3, 0.4) is 0 Å². The minimum atomic E-state index is -0.233. The molecule has 0 aliphatic heterocycles. The summed E-state index contributed by atoms with van der Waals surface area (Å²) in [5, 5.41) is 0.583. The molecule has 0 heterocycles. The number of halogens is 2. The van der Waals surface area contributed by atoms with E-state index in [0.29, 0.717) is 17.1 Å². The van der Waals surface area contributed by atoms with Crippen LogP contribution in [0.2, 0.25) is 5.02 Å². The summed E-state index contributed by atoms with van der Waals surface area (Å²) in [5.41, 5.74) is 9.45. The Morgan fingerprint density at radius 1 is 1.18 bits per heavy atom. The molecule has 0 atom stereocenters. The SMILES string of the molecule is Cc1cc(N)c(Cl)c(Cc2ccc(F)cc2)c1. The van der Waals surface area contributed by atoms with Gasteiger partial charge in [0.25, 0.3) is 0 Å². The standard InChI is InChI=1S/C14H13ClFN/c1-9-6-11(14(15)13(17)7-9)8-10-2-4-12(16)5-3-10/h2-7H,8,17H2,1H3. The maximum atomic E-state index is 12.8. The summed E-state index contributed by atoms with van der Waals surface area (Å²) < 4.78 is 12.8. The first-order valence-electron chi connectivity index (χ1n) is 5.35. The molecule has 17 heavy (non-hydrogen) atoms. The highest BCUT2D eigenvalue weighted by molar-refractivity contribution is 6.33. The van der Waals surface area contributed by atoms with Crippen molar-refractivity contribution in [2.75, 3.05) is 5.73 Å². The molecule has 2 N–H and O–H groups in total. The number of rotatable bonds is 2. The Morgan fingerprint density at radius 3 is 2.47 bits per heavy atom. The first-order chi connectivity index (χ1) is 8.06. The fraction of sp³-hybridized carbons (Fsp3) is 0.143. The van der Waals surface area contributed by atoms with Crippen molar-refractivity contribution in [2.45, 2.75) is 13.3 Å². The second-order valence-electron chi connectivity index (χ2n) is 4.13. The molecule has 0 fully saturated rings. The van der Waals surface area contributed by atoms with Crippen molar-refractivity contribution in [1.82, 2.24) is 0 Å². The fourth-order valence-electron chi connectivity index (χ4n) is 1.82. The molecule has 2 aromatic carbocycles. The van der Waals surface area contributed by atoms with Crippen LogP contribution in [-0.2, 0) is 6.42 Å². The summed E-state index contributed by atoms with van der Waals surface area (Å²) in [6.45, 7) is 1.97. The molecule has 0 spiro atoms. The highest BCUT2D eigenvalue weighted by Crippen LogP contribution is 2.27. The molecule has 0 amide bonds. The third kappa shape index (κ3) is 2.77. The van der Waals surface area contributed by atoms with Crippen molar-refractivity contribution in [2.24, 2.45) is 0 Å². The van der Waals surface area contributed by atoms with Crippen LogP contribution < -0.4 is 5.73 Å². The average molecular weight is 250 g/mol. The van der Waals surface area contributed by atoms with Crippen LogP contribution in [0, 0.1) is 12.7 Å². The molecule has 0 aromatic heterocycles. The van der Waals surface area contributed by atoms with E-state index in [1.54, 1.807) is 12.1 Å². The fourth-order valence-corrected chi connectivity index (χ4v) is 2.00. The van der Waals surface area contributed by atoms with Crippen LogP contribution in [0.4, 0.5) is 10.1 Å². The molecule has 2 aromatic rings. The van der Waals surface area contributed by atoms with Crippen molar-refractivity contribution < 1.29 is 4.39 Å². The van der Waals surface area contributed by atoms with Gasteiger partial charge >= 0.3 is 0 Å². The highest BCUT2D eigenvalue weighted by Gasteiger charge is 2.06. The second kappa shape index (κ2) is 4.76. The van der Waals surface area contributed by atoms with E-state index in [1.807, 2.05) is 19.1 Å². The van der Waals surface area contributed by atoms with Gasteiger partial charge < -0.3 is 5.73 Å². The zero-order valence-corrected chi connectivity index (χ0v) is 10.3. The van der Waals surface area contributed by atoms with Crippen molar-refractivity contribution >= 4 is 17.3 Å². The molecule has 0 bridgehead atoms. The first kappa shape index (κ1) is 11.9. The summed E-state index contributed by atoms with van der Waals surface area (Å²) in [4.78, 5) is 0. The zero-order chi connectivity index (χ0) is 12.4. The number of hydrogen-bond donors (Lipinski definition) is 1. The van der Waals surface area contributed by atoms with Crippen LogP contribution >= 0.6 is 11.6 Å². The van der Waals surface area contributed by atoms with E-state index >= 15 is 0 Å². The Kier molecular flexibility index (Phi) is 3.34. The monoisotopic (exact) mass is 249 g/mol. The number of aryl methyl sites for hydroxylation is 1. The van der Waals surface area contributed by atoms with Gasteiger partial charge in [-0.1, -0.05) is 29.8 Å². The topological polar surface area (TPSA) is 26.0 Å². The Hall–Kier alpha value is -1.54. The minimum Gasteiger partial charge on any atom is -0.398 e. The molecule has 0 aliphatic carbocycles. The lowest BCUT2D eigenvalue weighted by Crippen LogP contribution is -1.95.